The molecule has 1 unspecified atom stereocenters. The summed E-state index contributed by atoms with van der Waals surface area (Å²) in [4.78, 5) is 0. The van der Waals surface area contributed by atoms with Gasteiger partial charge in [-0.25, -0.2) is 4.39 Å². The molecule has 5 heteroatoms. The van der Waals surface area contributed by atoms with Crippen molar-refractivity contribution in [2.45, 2.75) is 18.3 Å². The summed E-state index contributed by atoms with van der Waals surface area (Å²) in [6.45, 7) is 0. The van der Waals surface area contributed by atoms with Gasteiger partial charge in [-0.2, -0.15) is 18.4 Å². The lowest BCUT2D eigenvalue weighted by molar-refractivity contribution is -0.137. The third-order valence-electron chi connectivity index (χ3n) is 4.14. The van der Waals surface area contributed by atoms with E-state index < -0.39 is 17.4 Å². The lowest BCUT2D eigenvalue weighted by Crippen LogP contribution is -2.20. The lowest BCUT2D eigenvalue weighted by atomic mass is 9.83. The SMILES string of the molecule is N#Cc1ccc(-c2ccc(C(F)(F)F)cc2C2(F)C=CC=CC2)cc1. The van der Waals surface area contributed by atoms with Gasteiger partial charge in [-0.1, -0.05) is 36.4 Å². The Morgan fingerprint density at radius 3 is 2.28 bits per heavy atom. The Hall–Kier alpha value is -2.87. The molecule has 25 heavy (non-hydrogen) atoms. The van der Waals surface area contributed by atoms with Gasteiger partial charge >= 0.3 is 6.18 Å². The third-order valence-corrected chi connectivity index (χ3v) is 4.14. The van der Waals surface area contributed by atoms with E-state index >= 15 is 4.39 Å². The lowest BCUT2D eigenvalue weighted by Gasteiger charge is -2.26. The van der Waals surface area contributed by atoms with Crippen LogP contribution in [0.15, 0.2) is 66.8 Å². The molecule has 1 nitrogen and oxygen atoms in total. The molecule has 0 saturated heterocycles. The third kappa shape index (κ3) is 3.34. The predicted molar refractivity (Wildman–Crippen MR) is 87.3 cm³/mol. The summed E-state index contributed by atoms with van der Waals surface area (Å²) >= 11 is 0. The molecule has 1 aliphatic rings. The first kappa shape index (κ1) is 17.0. The van der Waals surface area contributed by atoms with Crippen LogP contribution in [0, 0.1) is 11.3 Å². The summed E-state index contributed by atoms with van der Waals surface area (Å²) < 4.78 is 54.7. The zero-order valence-electron chi connectivity index (χ0n) is 13.0. The summed E-state index contributed by atoms with van der Waals surface area (Å²) in [6, 6.07) is 11.4. The molecule has 0 spiro atoms. The number of halogens is 4. The van der Waals surface area contributed by atoms with Gasteiger partial charge in [-0.05, 0) is 41.5 Å². The van der Waals surface area contributed by atoms with Crippen LogP contribution in [0.5, 0.6) is 0 Å². The molecule has 0 fully saturated rings. The minimum atomic E-state index is -4.55. The summed E-state index contributed by atoms with van der Waals surface area (Å²) in [7, 11) is 0. The molecule has 0 heterocycles. The van der Waals surface area contributed by atoms with Gasteiger partial charge in [-0.15, -0.1) is 0 Å². The van der Waals surface area contributed by atoms with Crippen LogP contribution in [0.4, 0.5) is 17.6 Å². The largest absolute Gasteiger partial charge is 0.416 e. The van der Waals surface area contributed by atoms with Crippen LogP contribution in [0.3, 0.4) is 0 Å². The van der Waals surface area contributed by atoms with E-state index in [1.807, 2.05) is 6.07 Å². The van der Waals surface area contributed by atoms with Crippen molar-refractivity contribution >= 4 is 0 Å². The molecule has 1 aliphatic carbocycles. The van der Waals surface area contributed by atoms with E-state index in [1.54, 1.807) is 36.4 Å². The molecular formula is C20H13F4N. The maximum Gasteiger partial charge on any atom is 0.416 e. The maximum atomic E-state index is 15.4. The van der Waals surface area contributed by atoms with Crippen molar-refractivity contribution < 1.29 is 17.6 Å². The summed E-state index contributed by atoms with van der Waals surface area (Å²) in [5, 5.41) is 8.87. The highest BCUT2D eigenvalue weighted by atomic mass is 19.4. The zero-order chi connectivity index (χ0) is 18.1. The molecule has 126 valence electrons. The molecule has 0 amide bonds. The average Bonchev–Trinajstić information content (AvgIpc) is 2.61. The molecule has 0 aromatic heterocycles. The number of nitriles is 1. The van der Waals surface area contributed by atoms with Crippen LogP contribution in [0.25, 0.3) is 11.1 Å². The van der Waals surface area contributed by atoms with Crippen molar-refractivity contribution in [3.63, 3.8) is 0 Å². The van der Waals surface area contributed by atoms with Crippen LogP contribution in [0.2, 0.25) is 0 Å². The molecule has 0 N–H and O–H groups in total. The first-order chi connectivity index (χ1) is 11.8. The number of rotatable bonds is 2. The van der Waals surface area contributed by atoms with E-state index in [1.165, 1.54) is 18.2 Å². The van der Waals surface area contributed by atoms with Crippen molar-refractivity contribution in [3.8, 4) is 17.2 Å². The fourth-order valence-electron chi connectivity index (χ4n) is 2.83. The number of benzene rings is 2. The van der Waals surface area contributed by atoms with E-state index in [-0.39, 0.29) is 12.0 Å². The van der Waals surface area contributed by atoms with Crippen LogP contribution in [-0.4, -0.2) is 0 Å². The van der Waals surface area contributed by atoms with E-state index in [9.17, 15) is 13.2 Å². The van der Waals surface area contributed by atoms with Crippen LogP contribution in [-0.2, 0) is 11.8 Å². The van der Waals surface area contributed by atoms with E-state index in [2.05, 4.69) is 0 Å². The van der Waals surface area contributed by atoms with Gasteiger partial charge in [0.25, 0.3) is 0 Å². The topological polar surface area (TPSA) is 23.8 Å². The van der Waals surface area contributed by atoms with E-state index in [4.69, 9.17) is 5.26 Å². The van der Waals surface area contributed by atoms with Crippen molar-refractivity contribution in [2.75, 3.05) is 0 Å². The molecule has 0 radical (unpaired) electrons. The van der Waals surface area contributed by atoms with Crippen LogP contribution in [0.1, 0.15) is 23.1 Å². The Balaban J connectivity index is 2.19. The highest BCUT2D eigenvalue weighted by molar-refractivity contribution is 5.70. The van der Waals surface area contributed by atoms with Gasteiger partial charge in [0.15, 0.2) is 5.67 Å². The van der Waals surface area contributed by atoms with Gasteiger partial charge in [-0.3, -0.25) is 0 Å². The molecular weight excluding hydrogens is 330 g/mol. The van der Waals surface area contributed by atoms with E-state index in [0.29, 0.717) is 16.7 Å². The Labute approximate surface area is 142 Å². The second kappa shape index (κ2) is 6.21. The summed E-state index contributed by atoms with van der Waals surface area (Å²) in [5.74, 6) is 0. The molecule has 0 bridgehead atoms. The first-order valence-corrected chi connectivity index (χ1v) is 7.59. The fraction of sp³-hybridized carbons (Fsp3) is 0.150. The van der Waals surface area contributed by atoms with Crippen molar-refractivity contribution in [3.05, 3.63) is 83.5 Å². The zero-order valence-corrected chi connectivity index (χ0v) is 13.0. The highest BCUT2D eigenvalue weighted by Gasteiger charge is 2.36. The second-order valence-corrected chi connectivity index (χ2v) is 5.80. The highest BCUT2D eigenvalue weighted by Crippen LogP contribution is 2.42. The van der Waals surface area contributed by atoms with Gasteiger partial charge in [0.05, 0.1) is 17.2 Å². The van der Waals surface area contributed by atoms with Gasteiger partial charge in [0, 0.05) is 12.0 Å². The molecule has 2 aromatic carbocycles. The standard InChI is InChI=1S/C20H13F4N/c21-19(10-2-1-3-11-19)18-12-16(20(22,23)24)8-9-17(18)15-6-4-14(13-25)5-7-15/h1-10,12H,11H2. The number of allylic oxidation sites excluding steroid dienone is 4. The van der Waals surface area contributed by atoms with Gasteiger partial charge in [0.2, 0.25) is 0 Å². The average molecular weight is 343 g/mol. The molecule has 2 aromatic rings. The van der Waals surface area contributed by atoms with Gasteiger partial charge in [0.1, 0.15) is 0 Å². The Kier molecular flexibility index (Phi) is 4.22. The monoisotopic (exact) mass is 343 g/mol. The number of alkyl halides is 4. The second-order valence-electron chi connectivity index (χ2n) is 5.80. The Morgan fingerprint density at radius 2 is 1.72 bits per heavy atom. The van der Waals surface area contributed by atoms with Crippen molar-refractivity contribution in [1.29, 1.82) is 5.26 Å². The minimum Gasteiger partial charge on any atom is -0.234 e. The Morgan fingerprint density at radius 1 is 1.00 bits per heavy atom. The predicted octanol–water partition coefficient (Wildman–Crippen LogP) is 5.92. The van der Waals surface area contributed by atoms with E-state index in [0.717, 1.165) is 12.1 Å². The molecule has 3 rings (SSSR count). The van der Waals surface area contributed by atoms with Crippen molar-refractivity contribution in [1.82, 2.24) is 0 Å². The number of hydrogen-bond acceptors (Lipinski definition) is 1. The quantitative estimate of drug-likeness (QED) is 0.621. The fourth-order valence-corrected chi connectivity index (χ4v) is 2.83. The Bertz CT molecular complexity index is 885. The van der Waals surface area contributed by atoms with Crippen LogP contribution < -0.4 is 0 Å². The minimum absolute atomic E-state index is 0.0336. The number of nitrogens with zero attached hydrogens (tertiary/aromatic N) is 1. The number of hydrogen-bond donors (Lipinski definition) is 0. The molecule has 0 saturated carbocycles. The maximum absolute atomic E-state index is 15.4. The summed E-state index contributed by atoms with van der Waals surface area (Å²) in [5.41, 5.74) is -1.58. The molecule has 0 aliphatic heterocycles. The smallest absolute Gasteiger partial charge is 0.234 e. The van der Waals surface area contributed by atoms with Crippen LogP contribution >= 0.6 is 0 Å². The normalized spacial score (nSPS) is 19.6. The summed E-state index contributed by atoms with van der Waals surface area (Å²) in [6.07, 6.45) is 1.42. The molecule has 1 atom stereocenters. The first-order valence-electron chi connectivity index (χ1n) is 7.59. The van der Waals surface area contributed by atoms with Gasteiger partial charge < -0.3 is 0 Å². The van der Waals surface area contributed by atoms with Crippen molar-refractivity contribution in [2.24, 2.45) is 0 Å².